The zero-order valence-electron chi connectivity index (χ0n) is 14.3. The summed E-state index contributed by atoms with van der Waals surface area (Å²) in [5, 5.41) is 5.09. The molecule has 8 nitrogen and oxygen atoms in total. The van der Waals surface area contributed by atoms with Gasteiger partial charge in [0.15, 0.2) is 0 Å². The molecule has 3 rings (SSSR count). The Kier molecular flexibility index (Phi) is 4.81. The lowest BCUT2D eigenvalue weighted by atomic mass is 10.1. The summed E-state index contributed by atoms with van der Waals surface area (Å²) >= 11 is 0. The van der Waals surface area contributed by atoms with E-state index >= 15 is 0 Å². The van der Waals surface area contributed by atoms with E-state index in [2.05, 4.69) is 15.5 Å². The highest BCUT2D eigenvalue weighted by atomic mass is 32.2. The highest BCUT2D eigenvalue weighted by Crippen LogP contribution is 2.24. The zero-order valence-corrected chi connectivity index (χ0v) is 15.1. The number of amides is 2. The van der Waals surface area contributed by atoms with Gasteiger partial charge >= 0.3 is 11.8 Å². The lowest BCUT2D eigenvalue weighted by molar-refractivity contribution is -0.136. The summed E-state index contributed by atoms with van der Waals surface area (Å²) in [6.45, 7) is 1.81. The Hall–Kier alpha value is -1.97. The number of carbonyl (C=O) groups excluding carboxylic acids is 2. The number of nitrogens with zero attached hydrogens (tertiary/aromatic N) is 2. The first kappa shape index (κ1) is 17.8. The van der Waals surface area contributed by atoms with Crippen molar-refractivity contribution in [1.29, 1.82) is 0 Å². The van der Waals surface area contributed by atoms with Crippen molar-refractivity contribution in [2.75, 3.05) is 31.7 Å². The molecule has 2 amide bonds. The molecular weight excluding hydrogens is 344 g/mol. The zero-order chi connectivity index (χ0) is 18.2. The van der Waals surface area contributed by atoms with Crippen molar-refractivity contribution in [3.05, 3.63) is 29.3 Å². The van der Waals surface area contributed by atoms with E-state index in [9.17, 15) is 18.0 Å². The van der Waals surface area contributed by atoms with E-state index < -0.39 is 21.8 Å². The molecule has 2 aliphatic heterocycles. The van der Waals surface area contributed by atoms with Crippen LogP contribution in [0.3, 0.4) is 0 Å². The Morgan fingerprint density at radius 3 is 2.56 bits per heavy atom. The molecule has 1 atom stereocenters. The number of carbonyl (C=O) groups is 2. The second-order valence-electron chi connectivity index (χ2n) is 6.59. The second kappa shape index (κ2) is 6.74. The SMILES string of the molecule is CN1Cc2ccc(NC(=O)C(=O)NCC3CCS(=O)(=O)N3C)cc2C1. The number of likely N-dealkylation sites (N-methyl/N-ethyl adjacent to an activating group) is 1. The third-order valence-corrected chi connectivity index (χ3v) is 6.64. The van der Waals surface area contributed by atoms with Gasteiger partial charge in [0.25, 0.3) is 0 Å². The molecule has 136 valence electrons. The van der Waals surface area contributed by atoms with Crippen LogP contribution in [0.4, 0.5) is 5.69 Å². The topological polar surface area (TPSA) is 98.8 Å². The lowest BCUT2D eigenvalue weighted by Crippen LogP contribution is -2.43. The average Bonchev–Trinajstić information content (AvgIpc) is 3.04. The van der Waals surface area contributed by atoms with Gasteiger partial charge in [-0.1, -0.05) is 6.07 Å². The third kappa shape index (κ3) is 3.83. The van der Waals surface area contributed by atoms with E-state index in [4.69, 9.17) is 0 Å². The molecule has 2 heterocycles. The van der Waals surface area contributed by atoms with Gasteiger partial charge in [-0.15, -0.1) is 0 Å². The quantitative estimate of drug-likeness (QED) is 0.717. The van der Waals surface area contributed by atoms with Crippen LogP contribution in [0.15, 0.2) is 18.2 Å². The summed E-state index contributed by atoms with van der Waals surface area (Å²) in [6, 6.07) is 5.30. The van der Waals surface area contributed by atoms with E-state index in [1.807, 2.05) is 19.2 Å². The van der Waals surface area contributed by atoms with Crippen LogP contribution < -0.4 is 10.6 Å². The van der Waals surface area contributed by atoms with Crippen LogP contribution in [0.25, 0.3) is 0 Å². The molecule has 2 N–H and O–H groups in total. The average molecular weight is 366 g/mol. The number of nitrogens with one attached hydrogen (secondary N) is 2. The summed E-state index contributed by atoms with van der Waals surface area (Å²) in [4.78, 5) is 26.1. The van der Waals surface area contributed by atoms with Gasteiger partial charge in [-0.3, -0.25) is 14.5 Å². The number of hydrogen-bond donors (Lipinski definition) is 2. The Morgan fingerprint density at radius 1 is 1.16 bits per heavy atom. The fourth-order valence-corrected chi connectivity index (χ4v) is 4.68. The Bertz CT molecular complexity index is 808. The van der Waals surface area contributed by atoms with Gasteiger partial charge in [0.2, 0.25) is 10.0 Å². The number of rotatable bonds is 3. The van der Waals surface area contributed by atoms with Gasteiger partial charge < -0.3 is 10.6 Å². The number of fused-ring (bicyclic) bond motifs is 1. The van der Waals surface area contributed by atoms with Crippen LogP contribution >= 0.6 is 0 Å². The molecule has 1 unspecified atom stereocenters. The van der Waals surface area contributed by atoms with Gasteiger partial charge in [0.05, 0.1) is 5.75 Å². The summed E-state index contributed by atoms with van der Waals surface area (Å²) < 4.78 is 24.5. The predicted octanol–water partition coefficient (Wildman–Crippen LogP) is -0.279. The Balaban J connectivity index is 1.53. The first-order valence-corrected chi connectivity index (χ1v) is 9.72. The maximum absolute atomic E-state index is 12.0. The van der Waals surface area contributed by atoms with Crippen molar-refractivity contribution in [2.24, 2.45) is 0 Å². The molecule has 1 aromatic rings. The van der Waals surface area contributed by atoms with Crippen LogP contribution in [0.2, 0.25) is 0 Å². The number of sulfonamides is 1. The van der Waals surface area contributed by atoms with Crippen LogP contribution in [-0.2, 0) is 32.7 Å². The van der Waals surface area contributed by atoms with Crippen molar-refractivity contribution < 1.29 is 18.0 Å². The second-order valence-corrected chi connectivity index (χ2v) is 8.74. The summed E-state index contributed by atoms with van der Waals surface area (Å²) in [5.74, 6) is -1.45. The lowest BCUT2D eigenvalue weighted by Gasteiger charge is -2.18. The van der Waals surface area contributed by atoms with Crippen molar-refractivity contribution in [2.45, 2.75) is 25.6 Å². The predicted molar refractivity (Wildman–Crippen MR) is 93.2 cm³/mol. The molecule has 0 saturated carbocycles. The largest absolute Gasteiger partial charge is 0.346 e. The molecule has 1 saturated heterocycles. The van der Waals surface area contributed by atoms with Crippen molar-refractivity contribution in [3.8, 4) is 0 Å². The number of hydrogen-bond acceptors (Lipinski definition) is 5. The van der Waals surface area contributed by atoms with Crippen molar-refractivity contribution >= 4 is 27.5 Å². The molecule has 0 aliphatic carbocycles. The van der Waals surface area contributed by atoms with E-state index in [0.717, 1.165) is 18.7 Å². The summed E-state index contributed by atoms with van der Waals surface area (Å²) in [7, 11) is 0.283. The highest BCUT2D eigenvalue weighted by molar-refractivity contribution is 7.89. The third-order valence-electron chi connectivity index (χ3n) is 4.71. The minimum Gasteiger partial charge on any atom is -0.346 e. The van der Waals surface area contributed by atoms with Crippen LogP contribution in [0, 0.1) is 0 Å². The molecule has 25 heavy (non-hydrogen) atoms. The molecule has 9 heteroatoms. The van der Waals surface area contributed by atoms with E-state index in [-0.39, 0.29) is 18.3 Å². The monoisotopic (exact) mass is 366 g/mol. The van der Waals surface area contributed by atoms with Gasteiger partial charge in [0.1, 0.15) is 0 Å². The first-order valence-electron chi connectivity index (χ1n) is 8.11. The van der Waals surface area contributed by atoms with E-state index in [1.54, 1.807) is 6.07 Å². The van der Waals surface area contributed by atoms with Gasteiger partial charge in [-0.2, -0.15) is 0 Å². The fraction of sp³-hybridized carbons (Fsp3) is 0.500. The Labute approximate surface area is 147 Å². The number of anilines is 1. The minimum atomic E-state index is -3.22. The standard InChI is InChI=1S/C16H22N4O4S/c1-19-9-11-3-4-13(7-12(11)10-19)18-16(22)15(21)17-8-14-5-6-25(23,24)20(14)2/h3-4,7,14H,5-6,8-10H2,1-2H3,(H,17,21)(H,18,22). The fourth-order valence-electron chi connectivity index (χ4n) is 3.19. The normalized spacial score (nSPS) is 22.6. The van der Waals surface area contributed by atoms with Crippen LogP contribution in [-0.4, -0.2) is 61.9 Å². The molecule has 0 bridgehead atoms. The molecule has 0 radical (unpaired) electrons. The van der Waals surface area contributed by atoms with E-state index in [1.165, 1.54) is 16.9 Å². The summed E-state index contributed by atoms with van der Waals surface area (Å²) in [6.07, 6.45) is 0.444. The maximum atomic E-state index is 12.0. The maximum Gasteiger partial charge on any atom is 0.313 e. The Morgan fingerprint density at radius 2 is 1.88 bits per heavy atom. The molecular formula is C16H22N4O4S. The molecule has 0 aromatic heterocycles. The highest BCUT2D eigenvalue weighted by Gasteiger charge is 2.34. The van der Waals surface area contributed by atoms with E-state index in [0.29, 0.717) is 12.1 Å². The smallest absolute Gasteiger partial charge is 0.313 e. The van der Waals surface area contributed by atoms with Crippen molar-refractivity contribution in [3.63, 3.8) is 0 Å². The first-order chi connectivity index (χ1) is 11.8. The molecule has 1 aromatic carbocycles. The summed E-state index contributed by atoms with van der Waals surface area (Å²) in [5.41, 5.74) is 2.93. The van der Waals surface area contributed by atoms with Crippen molar-refractivity contribution in [1.82, 2.24) is 14.5 Å². The van der Waals surface area contributed by atoms with Gasteiger partial charge in [-0.05, 0) is 36.7 Å². The molecule has 0 spiro atoms. The number of benzene rings is 1. The molecule has 1 fully saturated rings. The van der Waals surface area contributed by atoms with Gasteiger partial charge in [-0.25, -0.2) is 12.7 Å². The molecule has 2 aliphatic rings. The van der Waals surface area contributed by atoms with Crippen LogP contribution in [0.1, 0.15) is 17.5 Å². The van der Waals surface area contributed by atoms with Crippen LogP contribution in [0.5, 0.6) is 0 Å². The van der Waals surface area contributed by atoms with Gasteiger partial charge in [0, 0.05) is 38.4 Å². The minimum absolute atomic E-state index is 0.0693.